The van der Waals surface area contributed by atoms with Gasteiger partial charge in [0.15, 0.2) is 0 Å². The van der Waals surface area contributed by atoms with Crippen LogP contribution in [0.4, 0.5) is 10.1 Å². The summed E-state index contributed by atoms with van der Waals surface area (Å²) in [7, 11) is 0. The van der Waals surface area contributed by atoms with Gasteiger partial charge in [-0.1, -0.05) is 39.0 Å². The Labute approximate surface area is 162 Å². The summed E-state index contributed by atoms with van der Waals surface area (Å²) in [5, 5.41) is 13.7. The van der Waals surface area contributed by atoms with Gasteiger partial charge in [0.05, 0.1) is 13.0 Å². The maximum atomic E-state index is 13.8. The zero-order valence-corrected chi connectivity index (χ0v) is 16.0. The van der Waals surface area contributed by atoms with Crippen LogP contribution in [-0.4, -0.2) is 29.4 Å². The van der Waals surface area contributed by atoms with Gasteiger partial charge in [0.25, 0.3) is 5.91 Å². The predicted octanol–water partition coefficient (Wildman–Crippen LogP) is 3.12. The summed E-state index contributed by atoms with van der Waals surface area (Å²) in [6.45, 7) is 5.94. The van der Waals surface area contributed by atoms with Crippen LogP contribution in [0.25, 0.3) is 0 Å². The lowest BCUT2D eigenvalue weighted by molar-refractivity contribution is -0.136. The van der Waals surface area contributed by atoms with Crippen molar-refractivity contribution in [2.24, 2.45) is 0 Å². The highest BCUT2D eigenvalue weighted by Gasteiger charge is 2.15. The first kappa shape index (κ1) is 21.1. The van der Waals surface area contributed by atoms with Crippen molar-refractivity contribution in [1.29, 1.82) is 0 Å². The minimum absolute atomic E-state index is 0.0236. The maximum Gasteiger partial charge on any atom is 0.307 e. The molecule has 2 amide bonds. The van der Waals surface area contributed by atoms with Crippen LogP contribution in [0, 0.1) is 5.82 Å². The molecule has 7 heteroatoms. The van der Waals surface area contributed by atoms with Gasteiger partial charge in [-0.3, -0.25) is 14.4 Å². The van der Waals surface area contributed by atoms with E-state index in [4.69, 9.17) is 5.11 Å². The average molecular weight is 386 g/mol. The summed E-state index contributed by atoms with van der Waals surface area (Å²) in [4.78, 5) is 34.8. The molecule has 0 atom stereocenters. The van der Waals surface area contributed by atoms with Gasteiger partial charge >= 0.3 is 5.97 Å². The second-order valence-electron chi connectivity index (χ2n) is 7.43. The zero-order chi connectivity index (χ0) is 20.9. The molecule has 0 unspecified atom stereocenters. The molecule has 2 aromatic rings. The highest BCUT2D eigenvalue weighted by Crippen LogP contribution is 2.22. The first-order valence-corrected chi connectivity index (χ1v) is 8.75. The van der Waals surface area contributed by atoms with Crippen molar-refractivity contribution in [2.45, 2.75) is 32.6 Å². The first-order chi connectivity index (χ1) is 13.1. The molecule has 0 aliphatic carbocycles. The van der Waals surface area contributed by atoms with E-state index in [0.29, 0.717) is 5.56 Å². The standard InChI is InChI=1S/C21H23FN2O4/c1-21(2,3)15-7-4-13(5-8-15)20(28)23-12-18(25)24-16-9-6-14(10-19(26)27)17(22)11-16/h4-9,11H,10,12H2,1-3H3,(H,23,28)(H,24,25)(H,26,27). The number of anilines is 1. The molecule has 0 radical (unpaired) electrons. The zero-order valence-electron chi connectivity index (χ0n) is 16.0. The predicted molar refractivity (Wildman–Crippen MR) is 104 cm³/mol. The molecule has 148 valence electrons. The van der Waals surface area contributed by atoms with E-state index in [9.17, 15) is 18.8 Å². The Morgan fingerprint density at radius 3 is 2.21 bits per heavy atom. The monoisotopic (exact) mass is 386 g/mol. The van der Waals surface area contributed by atoms with Crippen LogP contribution in [0.5, 0.6) is 0 Å². The van der Waals surface area contributed by atoms with Crippen molar-refractivity contribution in [3.8, 4) is 0 Å². The van der Waals surface area contributed by atoms with Crippen LogP contribution in [0.1, 0.15) is 42.3 Å². The average Bonchev–Trinajstić information content (AvgIpc) is 2.61. The van der Waals surface area contributed by atoms with Crippen molar-refractivity contribution in [1.82, 2.24) is 5.32 Å². The van der Waals surface area contributed by atoms with Gasteiger partial charge < -0.3 is 15.7 Å². The smallest absolute Gasteiger partial charge is 0.307 e. The van der Waals surface area contributed by atoms with E-state index in [2.05, 4.69) is 31.4 Å². The largest absolute Gasteiger partial charge is 0.481 e. The number of amides is 2. The Balaban J connectivity index is 1.90. The number of hydrogen-bond donors (Lipinski definition) is 3. The third-order valence-corrected chi connectivity index (χ3v) is 4.10. The van der Waals surface area contributed by atoms with Crippen LogP contribution < -0.4 is 10.6 Å². The number of aliphatic carboxylic acids is 1. The first-order valence-electron chi connectivity index (χ1n) is 8.75. The van der Waals surface area contributed by atoms with Crippen LogP contribution in [0.15, 0.2) is 42.5 Å². The fourth-order valence-corrected chi connectivity index (χ4v) is 2.52. The summed E-state index contributed by atoms with van der Waals surface area (Å²) in [5.41, 5.74) is 1.71. The Kier molecular flexibility index (Phi) is 6.51. The molecule has 0 aliphatic rings. The third-order valence-electron chi connectivity index (χ3n) is 4.10. The number of benzene rings is 2. The van der Waals surface area contributed by atoms with Gasteiger partial charge in [-0.05, 0) is 40.8 Å². The third kappa shape index (κ3) is 5.90. The number of nitrogens with one attached hydrogen (secondary N) is 2. The fraction of sp³-hybridized carbons (Fsp3) is 0.286. The SMILES string of the molecule is CC(C)(C)c1ccc(C(=O)NCC(=O)Nc2ccc(CC(=O)O)c(F)c2)cc1. The van der Waals surface area contributed by atoms with E-state index >= 15 is 0 Å². The molecule has 0 aromatic heterocycles. The summed E-state index contributed by atoms with van der Waals surface area (Å²) in [6, 6.07) is 10.9. The lowest BCUT2D eigenvalue weighted by Crippen LogP contribution is -2.32. The molecule has 0 spiro atoms. The Hall–Kier alpha value is -3.22. The maximum absolute atomic E-state index is 13.8. The lowest BCUT2D eigenvalue weighted by atomic mass is 9.87. The molecule has 6 nitrogen and oxygen atoms in total. The summed E-state index contributed by atoms with van der Waals surface area (Å²) in [6.07, 6.45) is -0.440. The van der Waals surface area contributed by atoms with Gasteiger partial charge in [0.2, 0.25) is 5.91 Å². The molecule has 3 N–H and O–H groups in total. The van der Waals surface area contributed by atoms with Gasteiger partial charge in [0.1, 0.15) is 5.82 Å². The number of rotatable bonds is 6. The van der Waals surface area contributed by atoms with Crippen molar-refractivity contribution in [3.63, 3.8) is 0 Å². The number of halogens is 1. The van der Waals surface area contributed by atoms with E-state index in [1.165, 1.54) is 12.1 Å². The van der Waals surface area contributed by atoms with Crippen molar-refractivity contribution < 1.29 is 23.9 Å². The molecule has 2 rings (SSSR count). The Morgan fingerprint density at radius 1 is 1.04 bits per heavy atom. The van der Waals surface area contributed by atoms with Crippen LogP contribution in [0.2, 0.25) is 0 Å². The van der Waals surface area contributed by atoms with Crippen molar-refractivity contribution >= 4 is 23.5 Å². The number of carbonyl (C=O) groups excluding carboxylic acids is 2. The van der Waals surface area contributed by atoms with Gasteiger partial charge in [-0.25, -0.2) is 4.39 Å². The van der Waals surface area contributed by atoms with Gasteiger partial charge in [-0.2, -0.15) is 0 Å². The molecule has 0 saturated carbocycles. The van der Waals surface area contributed by atoms with Crippen LogP contribution >= 0.6 is 0 Å². The molecule has 0 bridgehead atoms. The molecular weight excluding hydrogens is 363 g/mol. The quantitative estimate of drug-likeness (QED) is 0.711. The van der Waals surface area contributed by atoms with Crippen molar-refractivity contribution in [2.75, 3.05) is 11.9 Å². The highest BCUT2D eigenvalue weighted by atomic mass is 19.1. The molecule has 28 heavy (non-hydrogen) atoms. The van der Waals surface area contributed by atoms with E-state index < -0.39 is 30.0 Å². The molecule has 2 aromatic carbocycles. The second-order valence-corrected chi connectivity index (χ2v) is 7.43. The Bertz CT molecular complexity index is 886. The number of carboxylic acids is 1. The molecule has 0 fully saturated rings. The second kappa shape index (κ2) is 8.65. The van der Waals surface area contributed by atoms with Crippen LogP contribution in [0.3, 0.4) is 0 Å². The fourth-order valence-electron chi connectivity index (χ4n) is 2.52. The molecule has 0 heterocycles. The van der Waals surface area contributed by atoms with E-state index in [-0.39, 0.29) is 23.2 Å². The van der Waals surface area contributed by atoms with E-state index in [1.807, 2.05) is 12.1 Å². The molecule has 0 saturated heterocycles. The summed E-state index contributed by atoms with van der Waals surface area (Å²) < 4.78 is 13.8. The highest BCUT2D eigenvalue weighted by molar-refractivity contribution is 5.99. The summed E-state index contributed by atoms with van der Waals surface area (Å²) >= 11 is 0. The van der Waals surface area contributed by atoms with Gasteiger partial charge in [-0.15, -0.1) is 0 Å². The summed E-state index contributed by atoms with van der Waals surface area (Å²) in [5.74, 6) is -2.78. The van der Waals surface area contributed by atoms with Crippen LogP contribution in [-0.2, 0) is 21.4 Å². The normalized spacial score (nSPS) is 11.0. The van der Waals surface area contributed by atoms with E-state index in [1.54, 1.807) is 12.1 Å². The van der Waals surface area contributed by atoms with Crippen molar-refractivity contribution in [3.05, 3.63) is 65.0 Å². The Morgan fingerprint density at radius 2 is 1.68 bits per heavy atom. The topological polar surface area (TPSA) is 95.5 Å². The minimum Gasteiger partial charge on any atom is -0.481 e. The molecular formula is C21H23FN2O4. The molecule has 0 aliphatic heterocycles. The number of hydrogen-bond acceptors (Lipinski definition) is 3. The number of carbonyl (C=O) groups is 3. The van der Waals surface area contributed by atoms with Gasteiger partial charge in [0, 0.05) is 11.3 Å². The van der Waals surface area contributed by atoms with E-state index in [0.717, 1.165) is 11.6 Å². The minimum atomic E-state index is -1.14. The number of carboxylic acid groups (broad SMARTS) is 1. The lowest BCUT2D eigenvalue weighted by Gasteiger charge is -2.19.